The van der Waals surface area contributed by atoms with Crippen LogP contribution in [-0.2, 0) is 14.3 Å². The Hall–Kier alpha value is -1.66. The molecule has 2 rings (SSSR count). The molecule has 0 aromatic heterocycles. The molecule has 3 N–H and O–H groups in total. The van der Waals surface area contributed by atoms with E-state index < -0.39 is 5.82 Å². The number of anilines is 2. The summed E-state index contributed by atoms with van der Waals surface area (Å²) in [7, 11) is 0. The molecular weight excluding hydrogens is 275 g/mol. The highest BCUT2D eigenvalue weighted by Gasteiger charge is 2.25. The SMILES string of the molecule is CC1CC(OCC(=O)Nc2ccc(F)cc2N)CC(C)O1. The molecule has 0 aliphatic carbocycles. The molecule has 5 nitrogen and oxygen atoms in total. The van der Waals surface area contributed by atoms with E-state index in [-0.39, 0.29) is 36.5 Å². The molecule has 1 aromatic rings. The molecule has 1 aliphatic rings. The maximum Gasteiger partial charge on any atom is 0.250 e. The van der Waals surface area contributed by atoms with Crippen molar-refractivity contribution in [3.05, 3.63) is 24.0 Å². The van der Waals surface area contributed by atoms with Crippen molar-refractivity contribution in [2.45, 2.75) is 45.0 Å². The Bertz CT molecular complexity index is 500. The maximum absolute atomic E-state index is 12.9. The largest absolute Gasteiger partial charge is 0.397 e. The van der Waals surface area contributed by atoms with Gasteiger partial charge in [0.25, 0.3) is 0 Å². The fourth-order valence-corrected chi connectivity index (χ4v) is 2.51. The van der Waals surface area contributed by atoms with Crippen LogP contribution in [0, 0.1) is 5.82 Å². The van der Waals surface area contributed by atoms with Crippen molar-refractivity contribution in [2.24, 2.45) is 0 Å². The second-order valence-corrected chi connectivity index (χ2v) is 5.44. The second kappa shape index (κ2) is 6.87. The van der Waals surface area contributed by atoms with Gasteiger partial charge in [-0.25, -0.2) is 4.39 Å². The van der Waals surface area contributed by atoms with Crippen LogP contribution >= 0.6 is 0 Å². The Morgan fingerprint density at radius 3 is 2.71 bits per heavy atom. The first kappa shape index (κ1) is 15.7. The molecule has 2 atom stereocenters. The number of hydrogen-bond acceptors (Lipinski definition) is 4. The quantitative estimate of drug-likeness (QED) is 0.836. The summed E-state index contributed by atoms with van der Waals surface area (Å²) in [5, 5.41) is 2.61. The van der Waals surface area contributed by atoms with Gasteiger partial charge < -0.3 is 20.5 Å². The van der Waals surface area contributed by atoms with Crippen LogP contribution in [0.5, 0.6) is 0 Å². The predicted octanol–water partition coefficient (Wildman–Crippen LogP) is 2.32. The summed E-state index contributed by atoms with van der Waals surface area (Å²) in [6.07, 6.45) is 1.83. The standard InChI is InChI=1S/C15H21FN2O3/c1-9-5-12(6-10(2)21-9)20-8-15(19)18-14-4-3-11(16)7-13(14)17/h3-4,7,9-10,12H,5-6,8,17H2,1-2H3,(H,18,19). The molecule has 1 heterocycles. The number of rotatable bonds is 4. The third kappa shape index (κ3) is 4.68. The van der Waals surface area contributed by atoms with Gasteiger partial charge in [0, 0.05) is 0 Å². The fourth-order valence-electron chi connectivity index (χ4n) is 2.51. The molecule has 1 saturated heterocycles. The second-order valence-electron chi connectivity index (χ2n) is 5.44. The van der Waals surface area contributed by atoms with E-state index in [1.165, 1.54) is 12.1 Å². The highest BCUT2D eigenvalue weighted by atomic mass is 19.1. The number of halogens is 1. The average molecular weight is 296 g/mol. The monoisotopic (exact) mass is 296 g/mol. The van der Waals surface area contributed by atoms with Gasteiger partial charge in [-0.3, -0.25) is 4.79 Å². The van der Waals surface area contributed by atoms with Crippen LogP contribution in [0.1, 0.15) is 26.7 Å². The molecular formula is C15H21FN2O3. The molecule has 6 heteroatoms. The van der Waals surface area contributed by atoms with E-state index >= 15 is 0 Å². The van der Waals surface area contributed by atoms with Gasteiger partial charge in [-0.05, 0) is 44.9 Å². The summed E-state index contributed by atoms with van der Waals surface area (Å²) >= 11 is 0. The van der Waals surface area contributed by atoms with Crippen molar-refractivity contribution in [3.8, 4) is 0 Å². The molecule has 1 aliphatic heterocycles. The molecule has 0 spiro atoms. The number of hydrogen-bond donors (Lipinski definition) is 2. The summed E-state index contributed by atoms with van der Waals surface area (Å²) in [5.41, 5.74) is 6.21. The highest BCUT2D eigenvalue weighted by Crippen LogP contribution is 2.22. The molecule has 21 heavy (non-hydrogen) atoms. The molecule has 1 aromatic carbocycles. The van der Waals surface area contributed by atoms with Crippen molar-refractivity contribution in [1.29, 1.82) is 0 Å². The van der Waals surface area contributed by atoms with Gasteiger partial charge in [0.05, 0.1) is 29.7 Å². The number of nitrogens with one attached hydrogen (secondary N) is 1. The molecule has 0 bridgehead atoms. The average Bonchev–Trinajstić information content (AvgIpc) is 2.39. The Morgan fingerprint density at radius 1 is 1.43 bits per heavy atom. The van der Waals surface area contributed by atoms with Crippen LogP contribution in [0.3, 0.4) is 0 Å². The normalized spacial score (nSPS) is 25.6. The summed E-state index contributed by atoms with van der Waals surface area (Å²) in [6.45, 7) is 3.93. The smallest absolute Gasteiger partial charge is 0.250 e. The minimum absolute atomic E-state index is 0.0139. The zero-order valence-corrected chi connectivity index (χ0v) is 12.3. The van der Waals surface area contributed by atoms with Crippen LogP contribution in [0.15, 0.2) is 18.2 Å². The molecule has 116 valence electrons. The minimum atomic E-state index is -0.438. The number of carbonyl (C=O) groups is 1. The lowest BCUT2D eigenvalue weighted by atomic mass is 10.0. The Morgan fingerprint density at radius 2 is 2.10 bits per heavy atom. The van der Waals surface area contributed by atoms with Crippen molar-refractivity contribution in [2.75, 3.05) is 17.7 Å². The molecule has 0 radical (unpaired) electrons. The molecule has 1 amide bonds. The topological polar surface area (TPSA) is 73.6 Å². The third-order valence-corrected chi connectivity index (χ3v) is 3.39. The van der Waals surface area contributed by atoms with E-state index in [9.17, 15) is 9.18 Å². The van der Waals surface area contributed by atoms with Crippen molar-refractivity contribution in [1.82, 2.24) is 0 Å². The first-order valence-electron chi connectivity index (χ1n) is 7.06. The van der Waals surface area contributed by atoms with E-state index in [1.54, 1.807) is 0 Å². The van der Waals surface area contributed by atoms with E-state index in [1.807, 2.05) is 13.8 Å². The van der Waals surface area contributed by atoms with Gasteiger partial charge >= 0.3 is 0 Å². The van der Waals surface area contributed by atoms with Gasteiger partial charge in [-0.15, -0.1) is 0 Å². The first-order chi connectivity index (χ1) is 9.94. The van der Waals surface area contributed by atoms with Gasteiger partial charge in [0.15, 0.2) is 0 Å². The maximum atomic E-state index is 12.9. The number of ether oxygens (including phenoxy) is 2. The Kier molecular flexibility index (Phi) is 5.14. The number of benzene rings is 1. The van der Waals surface area contributed by atoms with E-state index in [0.29, 0.717) is 5.69 Å². The van der Waals surface area contributed by atoms with Crippen molar-refractivity contribution in [3.63, 3.8) is 0 Å². The lowest BCUT2D eigenvalue weighted by Gasteiger charge is -2.31. The van der Waals surface area contributed by atoms with Crippen LogP contribution in [-0.4, -0.2) is 30.8 Å². The number of nitrogen functional groups attached to an aromatic ring is 1. The number of amides is 1. The van der Waals surface area contributed by atoms with Crippen LogP contribution in [0.2, 0.25) is 0 Å². The van der Waals surface area contributed by atoms with Gasteiger partial charge in [-0.1, -0.05) is 0 Å². The van der Waals surface area contributed by atoms with E-state index in [2.05, 4.69) is 5.32 Å². The van der Waals surface area contributed by atoms with Gasteiger partial charge in [-0.2, -0.15) is 0 Å². The van der Waals surface area contributed by atoms with Crippen molar-refractivity contribution < 1.29 is 18.7 Å². The van der Waals surface area contributed by atoms with E-state index in [0.717, 1.165) is 18.9 Å². The lowest BCUT2D eigenvalue weighted by Crippen LogP contribution is -2.35. The van der Waals surface area contributed by atoms with Crippen LogP contribution in [0.4, 0.5) is 15.8 Å². The van der Waals surface area contributed by atoms with Gasteiger partial charge in [0.1, 0.15) is 12.4 Å². The highest BCUT2D eigenvalue weighted by molar-refractivity contribution is 5.94. The third-order valence-electron chi connectivity index (χ3n) is 3.39. The lowest BCUT2D eigenvalue weighted by molar-refractivity contribution is -0.131. The summed E-state index contributed by atoms with van der Waals surface area (Å²) in [5.74, 6) is -0.743. The summed E-state index contributed by atoms with van der Waals surface area (Å²) in [6, 6.07) is 3.84. The fraction of sp³-hybridized carbons (Fsp3) is 0.533. The Balaban J connectivity index is 1.82. The summed E-state index contributed by atoms with van der Waals surface area (Å²) < 4.78 is 24.1. The van der Waals surface area contributed by atoms with Crippen LogP contribution in [0.25, 0.3) is 0 Å². The van der Waals surface area contributed by atoms with Gasteiger partial charge in [0.2, 0.25) is 5.91 Å². The van der Waals surface area contributed by atoms with E-state index in [4.69, 9.17) is 15.2 Å². The number of nitrogens with two attached hydrogens (primary N) is 1. The summed E-state index contributed by atoms with van der Waals surface area (Å²) in [4.78, 5) is 11.8. The van der Waals surface area contributed by atoms with Crippen LogP contribution < -0.4 is 11.1 Å². The zero-order chi connectivity index (χ0) is 15.4. The minimum Gasteiger partial charge on any atom is -0.397 e. The molecule has 0 saturated carbocycles. The zero-order valence-electron chi connectivity index (χ0n) is 12.3. The molecule has 1 fully saturated rings. The first-order valence-corrected chi connectivity index (χ1v) is 7.06. The van der Waals surface area contributed by atoms with Crippen molar-refractivity contribution >= 4 is 17.3 Å². The predicted molar refractivity (Wildman–Crippen MR) is 78.4 cm³/mol. The Labute approximate surface area is 123 Å². The molecule has 2 unspecified atom stereocenters. The number of carbonyl (C=O) groups excluding carboxylic acids is 1.